The van der Waals surface area contributed by atoms with Crippen molar-refractivity contribution in [3.63, 3.8) is 0 Å². The first-order valence-corrected chi connectivity index (χ1v) is 8.41. The molecule has 0 N–H and O–H groups in total. The number of nitrogens with zero attached hydrogens (tertiary/aromatic N) is 3. The maximum absolute atomic E-state index is 12.3. The summed E-state index contributed by atoms with van der Waals surface area (Å²) < 4.78 is 5.27. The number of carbonyl (C=O) groups excluding carboxylic acids is 1. The number of carbonyl (C=O) groups is 1. The summed E-state index contributed by atoms with van der Waals surface area (Å²) in [6, 6.07) is 15.9. The van der Waals surface area contributed by atoms with Crippen LogP contribution in [0.15, 0.2) is 59.1 Å². The number of amides is 1. The third kappa shape index (κ3) is 4.45. The highest BCUT2D eigenvalue weighted by molar-refractivity contribution is 5.91. The highest BCUT2D eigenvalue weighted by Crippen LogP contribution is 2.17. The van der Waals surface area contributed by atoms with Gasteiger partial charge in [-0.05, 0) is 25.5 Å². The minimum absolute atomic E-state index is 0.124. The fourth-order valence-corrected chi connectivity index (χ4v) is 2.39. The van der Waals surface area contributed by atoms with Crippen molar-refractivity contribution in [3.05, 3.63) is 77.2 Å². The molecule has 3 aromatic rings. The molecule has 0 bridgehead atoms. The van der Waals surface area contributed by atoms with E-state index in [9.17, 15) is 4.79 Å². The smallest absolute Gasteiger partial charge is 0.246 e. The minimum atomic E-state index is -0.124. The van der Waals surface area contributed by atoms with E-state index in [1.807, 2.05) is 62.4 Å². The lowest BCUT2D eigenvalue weighted by atomic mass is 10.1. The summed E-state index contributed by atoms with van der Waals surface area (Å²) in [6.07, 6.45) is 3.34. The van der Waals surface area contributed by atoms with Crippen LogP contribution in [-0.2, 0) is 11.3 Å². The molecule has 0 aliphatic carbocycles. The lowest BCUT2D eigenvalue weighted by molar-refractivity contribution is -0.125. The van der Waals surface area contributed by atoms with E-state index in [1.54, 1.807) is 19.2 Å². The summed E-state index contributed by atoms with van der Waals surface area (Å²) in [4.78, 5) is 18.2. The Hall–Kier alpha value is -3.21. The zero-order chi connectivity index (χ0) is 18.5. The topological polar surface area (TPSA) is 59.2 Å². The highest BCUT2D eigenvalue weighted by atomic mass is 16.5. The Bertz CT molecular complexity index is 909. The molecule has 1 amide bonds. The molecule has 0 saturated heterocycles. The molecule has 26 heavy (non-hydrogen) atoms. The number of hydrogen-bond acceptors (Lipinski definition) is 4. The summed E-state index contributed by atoms with van der Waals surface area (Å²) in [5, 5.41) is 3.99. The van der Waals surface area contributed by atoms with Crippen LogP contribution in [0.1, 0.15) is 22.6 Å². The molecule has 0 spiro atoms. The van der Waals surface area contributed by atoms with Crippen molar-refractivity contribution in [1.82, 2.24) is 15.0 Å². The average molecular weight is 347 g/mol. The standard InChI is InChI=1S/C21H21N3O2/c1-15-4-8-17(9-5-15)10-13-20(25)24(3)14-19-22-21(23-26-19)18-11-6-16(2)7-12-18/h4-13H,14H2,1-3H3/b13-10+. The van der Waals surface area contributed by atoms with E-state index < -0.39 is 0 Å². The maximum atomic E-state index is 12.3. The molecule has 5 nitrogen and oxygen atoms in total. The van der Waals surface area contributed by atoms with Crippen LogP contribution >= 0.6 is 0 Å². The van der Waals surface area contributed by atoms with Gasteiger partial charge in [-0.3, -0.25) is 4.79 Å². The van der Waals surface area contributed by atoms with Crippen LogP contribution in [0.2, 0.25) is 0 Å². The normalized spacial score (nSPS) is 11.0. The third-order valence-electron chi connectivity index (χ3n) is 4.02. The van der Waals surface area contributed by atoms with Crippen molar-refractivity contribution in [2.45, 2.75) is 20.4 Å². The second-order valence-electron chi connectivity index (χ2n) is 6.32. The molecular weight excluding hydrogens is 326 g/mol. The van der Waals surface area contributed by atoms with Gasteiger partial charge in [0.25, 0.3) is 0 Å². The van der Waals surface area contributed by atoms with Crippen molar-refractivity contribution >= 4 is 12.0 Å². The van der Waals surface area contributed by atoms with Crippen LogP contribution in [-0.4, -0.2) is 28.0 Å². The van der Waals surface area contributed by atoms with Crippen molar-refractivity contribution in [2.75, 3.05) is 7.05 Å². The largest absolute Gasteiger partial charge is 0.337 e. The van der Waals surface area contributed by atoms with E-state index >= 15 is 0 Å². The van der Waals surface area contributed by atoms with E-state index in [-0.39, 0.29) is 12.5 Å². The maximum Gasteiger partial charge on any atom is 0.246 e. The molecule has 2 aromatic carbocycles. The number of rotatable bonds is 5. The van der Waals surface area contributed by atoms with Gasteiger partial charge in [0.2, 0.25) is 17.6 Å². The van der Waals surface area contributed by atoms with Crippen LogP contribution in [0.25, 0.3) is 17.5 Å². The van der Waals surface area contributed by atoms with Gasteiger partial charge in [-0.2, -0.15) is 4.98 Å². The Morgan fingerprint density at radius 3 is 2.31 bits per heavy atom. The van der Waals surface area contributed by atoms with Gasteiger partial charge in [0, 0.05) is 18.7 Å². The number of likely N-dealkylation sites (N-methyl/N-ethyl adjacent to an activating group) is 1. The van der Waals surface area contributed by atoms with Gasteiger partial charge in [-0.1, -0.05) is 64.8 Å². The number of benzene rings is 2. The monoisotopic (exact) mass is 347 g/mol. The van der Waals surface area contributed by atoms with Gasteiger partial charge in [-0.25, -0.2) is 0 Å². The van der Waals surface area contributed by atoms with Crippen LogP contribution in [0.3, 0.4) is 0 Å². The van der Waals surface area contributed by atoms with E-state index in [1.165, 1.54) is 16.0 Å². The summed E-state index contributed by atoms with van der Waals surface area (Å²) in [6.45, 7) is 4.31. The van der Waals surface area contributed by atoms with E-state index in [4.69, 9.17) is 4.52 Å². The summed E-state index contributed by atoms with van der Waals surface area (Å²) in [5.74, 6) is 0.803. The Morgan fingerprint density at radius 1 is 1.04 bits per heavy atom. The lowest BCUT2D eigenvalue weighted by Crippen LogP contribution is -2.24. The van der Waals surface area contributed by atoms with Crippen LogP contribution in [0.5, 0.6) is 0 Å². The summed E-state index contributed by atoms with van der Waals surface area (Å²) in [5.41, 5.74) is 4.23. The van der Waals surface area contributed by atoms with Gasteiger partial charge in [-0.15, -0.1) is 0 Å². The number of aromatic nitrogens is 2. The molecule has 0 unspecified atom stereocenters. The molecule has 3 rings (SSSR count). The van der Waals surface area contributed by atoms with Crippen LogP contribution in [0.4, 0.5) is 0 Å². The molecule has 0 fully saturated rings. The predicted molar refractivity (Wildman–Crippen MR) is 101 cm³/mol. The first-order chi connectivity index (χ1) is 12.5. The summed E-state index contributed by atoms with van der Waals surface area (Å²) >= 11 is 0. The second kappa shape index (κ2) is 7.78. The molecule has 0 saturated carbocycles. The quantitative estimate of drug-likeness (QED) is 0.654. The van der Waals surface area contributed by atoms with E-state index in [0.717, 1.165) is 11.1 Å². The molecule has 1 heterocycles. The predicted octanol–water partition coefficient (Wildman–Crippen LogP) is 4.03. The second-order valence-corrected chi connectivity index (χ2v) is 6.32. The lowest BCUT2D eigenvalue weighted by Gasteiger charge is -2.11. The first kappa shape index (κ1) is 17.6. The average Bonchev–Trinajstić information content (AvgIpc) is 3.10. The molecule has 0 aliphatic rings. The molecule has 1 aromatic heterocycles. The number of aryl methyl sites for hydroxylation is 2. The fraction of sp³-hybridized carbons (Fsp3) is 0.190. The molecule has 0 radical (unpaired) electrons. The molecular formula is C21H21N3O2. The van der Waals surface area contributed by atoms with Gasteiger partial charge < -0.3 is 9.42 Å². The third-order valence-corrected chi connectivity index (χ3v) is 4.02. The van der Waals surface area contributed by atoms with Crippen LogP contribution < -0.4 is 0 Å². The Balaban J connectivity index is 1.62. The van der Waals surface area contributed by atoms with Gasteiger partial charge in [0.1, 0.15) is 0 Å². The van der Waals surface area contributed by atoms with Gasteiger partial charge in [0.15, 0.2) is 0 Å². The fourth-order valence-electron chi connectivity index (χ4n) is 2.39. The van der Waals surface area contributed by atoms with Crippen molar-refractivity contribution in [1.29, 1.82) is 0 Å². The molecule has 132 valence electrons. The SMILES string of the molecule is Cc1ccc(/C=C/C(=O)N(C)Cc2nc(-c3ccc(C)cc3)no2)cc1. The Labute approximate surface area is 153 Å². The number of hydrogen-bond donors (Lipinski definition) is 0. The van der Waals surface area contributed by atoms with E-state index in [2.05, 4.69) is 10.1 Å². The van der Waals surface area contributed by atoms with Crippen LogP contribution in [0, 0.1) is 13.8 Å². The van der Waals surface area contributed by atoms with Crippen molar-refractivity contribution in [3.8, 4) is 11.4 Å². The Kier molecular flexibility index (Phi) is 5.27. The molecule has 0 aliphatic heterocycles. The zero-order valence-corrected chi connectivity index (χ0v) is 15.1. The minimum Gasteiger partial charge on any atom is -0.337 e. The van der Waals surface area contributed by atoms with Crippen molar-refractivity contribution < 1.29 is 9.32 Å². The molecule has 5 heteroatoms. The van der Waals surface area contributed by atoms with Gasteiger partial charge in [0.05, 0.1) is 6.54 Å². The first-order valence-electron chi connectivity index (χ1n) is 8.41. The highest BCUT2D eigenvalue weighted by Gasteiger charge is 2.13. The van der Waals surface area contributed by atoms with Crippen molar-refractivity contribution in [2.24, 2.45) is 0 Å². The zero-order valence-electron chi connectivity index (χ0n) is 15.1. The molecule has 0 atom stereocenters. The van der Waals surface area contributed by atoms with E-state index in [0.29, 0.717) is 11.7 Å². The van der Waals surface area contributed by atoms with Gasteiger partial charge >= 0.3 is 0 Å². The summed E-state index contributed by atoms with van der Waals surface area (Å²) in [7, 11) is 1.71. The Morgan fingerprint density at radius 2 is 1.65 bits per heavy atom.